The van der Waals surface area contributed by atoms with Gasteiger partial charge in [-0.2, -0.15) is 0 Å². The molecule has 7 heteroatoms. The van der Waals surface area contributed by atoms with Crippen LogP contribution in [-0.2, 0) is 14.3 Å². The van der Waals surface area contributed by atoms with Crippen LogP contribution in [0.5, 0.6) is 5.75 Å². The lowest BCUT2D eigenvalue weighted by atomic mass is 10.1. The Labute approximate surface area is 154 Å². The second-order valence-corrected chi connectivity index (χ2v) is 6.91. The standard InChI is InChI=1S/C19H28N2O5/c1-13(2)9-21(10-14(3)4)18(23)12-26-19(24)15-7-5-6-8-16(15)25-11-17(20)22/h5-8,13-14H,9-12H2,1-4H3,(H2,20,22). The zero-order valence-corrected chi connectivity index (χ0v) is 15.9. The van der Waals surface area contributed by atoms with Crippen LogP contribution < -0.4 is 10.5 Å². The van der Waals surface area contributed by atoms with E-state index in [0.717, 1.165) is 0 Å². The number of esters is 1. The fourth-order valence-corrected chi connectivity index (χ4v) is 2.37. The third-order valence-corrected chi connectivity index (χ3v) is 3.33. The van der Waals surface area contributed by atoms with Gasteiger partial charge < -0.3 is 20.1 Å². The van der Waals surface area contributed by atoms with Crippen LogP contribution in [0.15, 0.2) is 24.3 Å². The lowest BCUT2D eigenvalue weighted by Gasteiger charge is -2.26. The highest BCUT2D eigenvalue weighted by molar-refractivity contribution is 5.94. The molecule has 0 spiro atoms. The smallest absolute Gasteiger partial charge is 0.342 e. The van der Waals surface area contributed by atoms with Gasteiger partial charge in [0.2, 0.25) is 0 Å². The van der Waals surface area contributed by atoms with Crippen molar-refractivity contribution in [3.8, 4) is 5.75 Å². The van der Waals surface area contributed by atoms with Crippen molar-refractivity contribution in [3.05, 3.63) is 29.8 Å². The largest absolute Gasteiger partial charge is 0.483 e. The minimum Gasteiger partial charge on any atom is -0.483 e. The lowest BCUT2D eigenvalue weighted by molar-refractivity contribution is -0.135. The minimum absolute atomic E-state index is 0.140. The van der Waals surface area contributed by atoms with Crippen molar-refractivity contribution in [2.24, 2.45) is 17.6 Å². The highest BCUT2D eigenvalue weighted by Crippen LogP contribution is 2.19. The number of para-hydroxylation sites is 1. The summed E-state index contributed by atoms with van der Waals surface area (Å²) in [5, 5.41) is 0. The Balaban J connectivity index is 2.72. The van der Waals surface area contributed by atoms with E-state index in [9.17, 15) is 14.4 Å². The van der Waals surface area contributed by atoms with E-state index in [1.807, 2.05) is 27.7 Å². The molecular formula is C19H28N2O5. The van der Waals surface area contributed by atoms with Gasteiger partial charge in [0.05, 0.1) is 0 Å². The predicted octanol–water partition coefficient (Wildman–Crippen LogP) is 1.85. The molecule has 1 aromatic carbocycles. The van der Waals surface area contributed by atoms with Crippen LogP contribution in [0, 0.1) is 11.8 Å². The van der Waals surface area contributed by atoms with Crippen LogP contribution in [0.25, 0.3) is 0 Å². The fraction of sp³-hybridized carbons (Fsp3) is 0.526. The summed E-state index contributed by atoms with van der Waals surface area (Å²) in [6, 6.07) is 6.33. The number of amides is 2. The number of rotatable bonds is 10. The van der Waals surface area contributed by atoms with Crippen molar-refractivity contribution < 1.29 is 23.9 Å². The number of ether oxygens (including phenoxy) is 2. The van der Waals surface area contributed by atoms with Gasteiger partial charge in [-0.1, -0.05) is 39.8 Å². The molecule has 26 heavy (non-hydrogen) atoms. The lowest BCUT2D eigenvalue weighted by Crippen LogP contribution is -2.39. The Morgan fingerprint density at radius 2 is 1.58 bits per heavy atom. The number of hydrogen-bond acceptors (Lipinski definition) is 5. The van der Waals surface area contributed by atoms with E-state index in [1.165, 1.54) is 12.1 Å². The topological polar surface area (TPSA) is 98.9 Å². The number of carbonyl (C=O) groups is 3. The Bertz CT molecular complexity index is 618. The van der Waals surface area contributed by atoms with Crippen LogP contribution in [0.1, 0.15) is 38.1 Å². The van der Waals surface area contributed by atoms with Crippen LogP contribution in [0.2, 0.25) is 0 Å². The molecule has 0 fully saturated rings. The average Bonchev–Trinajstić information content (AvgIpc) is 2.56. The first kappa shape index (κ1) is 21.5. The molecule has 0 saturated heterocycles. The van der Waals surface area contributed by atoms with Gasteiger partial charge in [0.25, 0.3) is 11.8 Å². The van der Waals surface area contributed by atoms with E-state index in [2.05, 4.69) is 0 Å². The quantitative estimate of drug-likeness (QED) is 0.639. The summed E-state index contributed by atoms with van der Waals surface area (Å²) in [4.78, 5) is 37.3. The molecule has 144 valence electrons. The van der Waals surface area contributed by atoms with Crippen molar-refractivity contribution in [2.75, 3.05) is 26.3 Å². The van der Waals surface area contributed by atoms with E-state index in [0.29, 0.717) is 24.9 Å². The fourth-order valence-electron chi connectivity index (χ4n) is 2.37. The van der Waals surface area contributed by atoms with E-state index >= 15 is 0 Å². The zero-order chi connectivity index (χ0) is 19.7. The number of nitrogens with two attached hydrogens (primary N) is 1. The predicted molar refractivity (Wildman–Crippen MR) is 97.7 cm³/mol. The van der Waals surface area contributed by atoms with Crippen LogP contribution in [0.3, 0.4) is 0 Å². The zero-order valence-electron chi connectivity index (χ0n) is 15.9. The van der Waals surface area contributed by atoms with Gasteiger partial charge in [0, 0.05) is 13.1 Å². The molecule has 7 nitrogen and oxygen atoms in total. The molecule has 0 saturated carbocycles. The molecule has 2 amide bonds. The van der Waals surface area contributed by atoms with E-state index < -0.39 is 11.9 Å². The van der Waals surface area contributed by atoms with E-state index in [1.54, 1.807) is 17.0 Å². The number of hydrogen-bond donors (Lipinski definition) is 1. The Morgan fingerprint density at radius 3 is 2.12 bits per heavy atom. The summed E-state index contributed by atoms with van der Waals surface area (Å²) in [7, 11) is 0. The Kier molecular flexibility index (Phi) is 8.61. The number of benzene rings is 1. The summed E-state index contributed by atoms with van der Waals surface area (Å²) >= 11 is 0. The molecule has 0 aliphatic carbocycles. The molecular weight excluding hydrogens is 336 g/mol. The Morgan fingerprint density at radius 1 is 1.00 bits per heavy atom. The van der Waals surface area contributed by atoms with Gasteiger partial charge in [-0.15, -0.1) is 0 Å². The Hall–Kier alpha value is -2.57. The molecule has 0 bridgehead atoms. The van der Waals surface area contributed by atoms with Gasteiger partial charge in [0.1, 0.15) is 11.3 Å². The van der Waals surface area contributed by atoms with Gasteiger partial charge in [-0.05, 0) is 24.0 Å². The van der Waals surface area contributed by atoms with Crippen LogP contribution in [0.4, 0.5) is 0 Å². The summed E-state index contributed by atoms with van der Waals surface area (Å²) < 4.78 is 10.4. The highest BCUT2D eigenvalue weighted by Gasteiger charge is 2.20. The first-order valence-corrected chi connectivity index (χ1v) is 8.65. The maximum Gasteiger partial charge on any atom is 0.342 e. The molecule has 0 aromatic heterocycles. The number of carbonyl (C=O) groups excluding carboxylic acids is 3. The van der Waals surface area contributed by atoms with Gasteiger partial charge in [-0.25, -0.2) is 4.79 Å². The summed E-state index contributed by atoms with van der Waals surface area (Å²) in [6.45, 7) is 8.62. The third kappa shape index (κ3) is 7.55. The molecule has 0 heterocycles. The van der Waals surface area contributed by atoms with Crippen molar-refractivity contribution >= 4 is 17.8 Å². The third-order valence-electron chi connectivity index (χ3n) is 3.33. The van der Waals surface area contributed by atoms with Crippen LogP contribution in [-0.4, -0.2) is 49.0 Å². The minimum atomic E-state index is -0.688. The van der Waals surface area contributed by atoms with Gasteiger partial charge >= 0.3 is 5.97 Å². The normalized spacial score (nSPS) is 10.7. The molecule has 1 aromatic rings. The summed E-state index contributed by atoms with van der Waals surface area (Å²) in [5.41, 5.74) is 5.19. The molecule has 0 aliphatic heterocycles. The summed E-state index contributed by atoms with van der Waals surface area (Å²) in [6.07, 6.45) is 0. The maximum atomic E-state index is 12.4. The maximum absolute atomic E-state index is 12.4. The second-order valence-electron chi connectivity index (χ2n) is 6.91. The van der Waals surface area contributed by atoms with E-state index in [4.69, 9.17) is 15.2 Å². The molecule has 0 atom stereocenters. The molecule has 0 aliphatic rings. The first-order chi connectivity index (χ1) is 12.2. The first-order valence-electron chi connectivity index (χ1n) is 8.65. The number of nitrogens with zero attached hydrogens (tertiary/aromatic N) is 1. The second kappa shape index (κ2) is 10.4. The highest BCUT2D eigenvalue weighted by atomic mass is 16.5. The SMILES string of the molecule is CC(C)CN(CC(C)C)C(=O)COC(=O)c1ccccc1OCC(N)=O. The van der Waals surface area contributed by atoms with E-state index in [-0.39, 0.29) is 30.4 Å². The van der Waals surface area contributed by atoms with Crippen molar-refractivity contribution in [1.29, 1.82) is 0 Å². The monoisotopic (exact) mass is 364 g/mol. The summed E-state index contributed by atoms with van der Waals surface area (Å²) in [5.74, 6) is -0.761. The van der Waals surface area contributed by atoms with Crippen molar-refractivity contribution in [3.63, 3.8) is 0 Å². The molecule has 0 unspecified atom stereocenters. The molecule has 1 rings (SSSR count). The molecule has 2 N–H and O–H groups in total. The van der Waals surface area contributed by atoms with Gasteiger partial charge in [-0.3, -0.25) is 9.59 Å². The van der Waals surface area contributed by atoms with Crippen LogP contribution >= 0.6 is 0 Å². The van der Waals surface area contributed by atoms with Gasteiger partial charge in [0.15, 0.2) is 13.2 Å². The number of primary amides is 1. The van der Waals surface area contributed by atoms with Crippen molar-refractivity contribution in [1.82, 2.24) is 4.90 Å². The van der Waals surface area contributed by atoms with Crippen molar-refractivity contribution in [2.45, 2.75) is 27.7 Å². The molecule has 0 radical (unpaired) electrons. The average molecular weight is 364 g/mol.